The zero-order valence-corrected chi connectivity index (χ0v) is 19.5. The Morgan fingerprint density at radius 1 is 1.10 bits per heavy atom. The molecule has 2 rings (SSSR count). The van der Waals surface area contributed by atoms with Gasteiger partial charge in [-0.1, -0.05) is 0 Å². The predicted octanol–water partition coefficient (Wildman–Crippen LogP) is 5.99. The van der Waals surface area contributed by atoms with Crippen LogP contribution >= 0.6 is 31.9 Å². The second-order valence-electron chi connectivity index (χ2n) is 7.05. The summed E-state index contributed by atoms with van der Waals surface area (Å²) in [6.45, 7) is 5.31. The molecule has 0 spiro atoms. The first kappa shape index (κ1) is 23.0. The number of hydrogen-bond acceptors (Lipinski definition) is 5. The lowest BCUT2D eigenvalue weighted by Crippen LogP contribution is -2.27. The molecule has 0 atom stereocenters. The number of aliphatic carboxylic acids is 1. The van der Waals surface area contributed by atoms with Crippen LogP contribution in [0.15, 0.2) is 39.3 Å². The van der Waals surface area contributed by atoms with Crippen molar-refractivity contribution in [1.82, 2.24) is 0 Å². The molecule has 0 aromatic heterocycles. The molecule has 0 bridgehead atoms. The Bertz CT molecular complexity index is 901. The summed E-state index contributed by atoms with van der Waals surface area (Å²) < 4.78 is 17.7. The maximum atomic E-state index is 12.1. The number of carboxylic acid groups (broad SMARTS) is 1. The number of carboxylic acids is 1. The SMILES string of the molecule is COc1ccc(Oc2c(Br)cc(CC(=O)O)cc2Br)cc1NC(=O)OC(C)(C)C. The van der Waals surface area contributed by atoms with Gasteiger partial charge in [-0.15, -0.1) is 0 Å². The third-order valence-electron chi connectivity index (χ3n) is 3.44. The molecule has 0 heterocycles. The predicted molar refractivity (Wildman–Crippen MR) is 116 cm³/mol. The van der Waals surface area contributed by atoms with Gasteiger partial charge in [0, 0.05) is 6.07 Å². The molecule has 2 aromatic carbocycles. The summed E-state index contributed by atoms with van der Waals surface area (Å²) in [4.78, 5) is 23.0. The van der Waals surface area contributed by atoms with E-state index in [9.17, 15) is 9.59 Å². The van der Waals surface area contributed by atoms with E-state index in [1.54, 1.807) is 51.1 Å². The quantitative estimate of drug-likeness (QED) is 0.476. The van der Waals surface area contributed by atoms with Crippen LogP contribution in [0.3, 0.4) is 0 Å². The van der Waals surface area contributed by atoms with Gasteiger partial charge >= 0.3 is 12.1 Å². The van der Waals surface area contributed by atoms with E-state index in [1.807, 2.05) is 0 Å². The maximum absolute atomic E-state index is 12.1. The average Bonchev–Trinajstić information content (AvgIpc) is 2.56. The van der Waals surface area contributed by atoms with E-state index in [4.69, 9.17) is 19.3 Å². The molecule has 0 unspecified atom stereocenters. The van der Waals surface area contributed by atoms with Crippen LogP contribution in [-0.2, 0) is 16.0 Å². The lowest BCUT2D eigenvalue weighted by atomic mass is 10.1. The molecule has 0 aliphatic carbocycles. The monoisotopic (exact) mass is 529 g/mol. The Morgan fingerprint density at radius 2 is 1.72 bits per heavy atom. The Labute approximate surface area is 185 Å². The van der Waals surface area contributed by atoms with Crippen molar-refractivity contribution in [2.45, 2.75) is 32.8 Å². The highest BCUT2D eigenvalue weighted by Gasteiger charge is 2.18. The Kier molecular flexibility index (Phi) is 7.54. The molecule has 156 valence electrons. The molecule has 29 heavy (non-hydrogen) atoms. The molecule has 0 radical (unpaired) electrons. The van der Waals surface area contributed by atoms with Crippen molar-refractivity contribution in [1.29, 1.82) is 0 Å². The molecule has 2 aromatic rings. The zero-order chi connectivity index (χ0) is 21.8. The number of ether oxygens (including phenoxy) is 3. The highest BCUT2D eigenvalue weighted by atomic mass is 79.9. The number of halogens is 2. The van der Waals surface area contributed by atoms with Crippen molar-refractivity contribution in [2.24, 2.45) is 0 Å². The molecule has 0 saturated carbocycles. The molecule has 2 N–H and O–H groups in total. The molecule has 0 aliphatic heterocycles. The van der Waals surface area contributed by atoms with Crippen molar-refractivity contribution in [3.8, 4) is 17.2 Å². The van der Waals surface area contributed by atoms with E-state index in [0.29, 0.717) is 37.4 Å². The summed E-state index contributed by atoms with van der Waals surface area (Å²) in [5, 5.41) is 11.6. The summed E-state index contributed by atoms with van der Waals surface area (Å²) in [6, 6.07) is 8.30. The molecular weight excluding hydrogens is 510 g/mol. The van der Waals surface area contributed by atoms with E-state index in [1.165, 1.54) is 7.11 Å². The normalized spacial score (nSPS) is 11.0. The van der Waals surface area contributed by atoms with Crippen LogP contribution in [0, 0.1) is 0 Å². The first-order chi connectivity index (χ1) is 13.5. The van der Waals surface area contributed by atoms with Crippen LogP contribution < -0.4 is 14.8 Å². The van der Waals surface area contributed by atoms with Gasteiger partial charge in [-0.05, 0) is 82.5 Å². The second kappa shape index (κ2) is 9.49. The van der Waals surface area contributed by atoms with Crippen LogP contribution in [0.2, 0.25) is 0 Å². The fourth-order valence-electron chi connectivity index (χ4n) is 2.37. The van der Waals surface area contributed by atoms with Crippen molar-refractivity contribution in [3.05, 3.63) is 44.8 Å². The third kappa shape index (κ3) is 6.93. The molecule has 0 saturated heterocycles. The first-order valence-electron chi connectivity index (χ1n) is 8.54. The van der Waals surface area contributed by atoms with Gasteiger partial charge in [-0.25, -0.2) is 4.79 Å². The van der Waals surface area contributed by atoms with Gasteiger partial charge in [0.05, 0.1) is 28.2 Å². The van der Waals surface area contributed by atoms with Crippen molar-refractivity contribution in [2.75, 3.05) is 12.4 Å². The standard InChI is InChI=1S/C20H21Br2NO6/c1-20(2,3)29-19(26)23-15-10-12(5-6-16(15)27-4)28-18-13(21)7-11(8-14(18)22)9-17(24)25/h5-8,10H,9H2,1-4H3,(H,23,26)(H,24,25). The molecule has 7 nitrogen and oxygen atoms in total. The Hall–Kier alpha value is -2.26. The molecule has 0 fully saturated rings. The molecular formula is C20H21Br2NO6. The van der Waals surface area contributed by atoms with Crippen molar-refractivity contribution >= 4 is 49.6 Å². The van der Waals surface area contributed by atoms with E-state index in [2.05, 4.69) is 37.2 Å². The van der Waals surface area contributed by atoms with Crippen LogP contribution in [0.5, 0.6) is 17.2 Å². The van der Waals surface area contributed by atoms with Gasteiger partial charge in [0.25, 0.3) is 0 Å². The smallest absolute Gasteiger partial charge is 0.412 e. The van der Waals surface area contributed by atoms with Gasteiger partial charge in [0.1, 0.15) is 17.1 Å². The van der Waals surface area contributed by atoms with E-state index in [0.717, 1.165) is 0 Å². The lowest BCUT2D eigenvalue weighted by molar-refractivity contribution is -0.136. The zero-order valence-electron chi connectivity index (χ0n) is 16.3. The highest BCUT2D eigenvalue weighted by Crippen LogP contribution is 2.39. The summed E-state index contributed by atoms with van der Waals surface area (Å²) >= 11 is 6.81. The minimum absolute atomic E-state index is 0.107. The topological polar surface area (TPSA) is 94.1 Å². The molecule has 1 amide bonds. The van der Waals surface area contributed by atoms with E-state index < -0.39 is 17.7 Å². The fraction of sp³-hybridized carbons (Fsp3) is 0.300. The minimum Gasteiger partial charge on any atom is -0.495 e. The third-order valence-corrected chi connectivity index (χ3v) is 4.62. The summed E-state index contributed by atoms with van der Waals surface area (Å²) in [7, 11) is 1.49. The number of nitrogens with one attached hydrogen (secondary N) is 1. The Balaban J connectivity index is 2.28. The van der Waals surface area contributed by atoms with Crippen LogP contribution in [0.25, 0.3) is 0 Å². The number of amides is 1. The number of methoxy groups -OCH3 is 1. The average molecular weight is 531 g/mol. The number of benzene rings is 2. The maximum Gasteiger partial charge on any atom is 0.412 e. The second-order valence-corrected chi connectivity index (χ2v) is 8.76. The van der Waals surface area contributed by atoms with Gasteiger partial charge in [0.15, 0.2) is 5.75 Å². The van der Waals surface area contributed by atoms with Crippen molar-refractivity contribution < 1.29 is 28.9 Å². The first-order valence-corrected chi connectivity index (χ1v) is 10.1. The minimum atomic E-state index is -0.925. The van der Waals surface area contributed by atoms with Crippen molar-refractivity contribution in [3.63, 3.8) is 0 Å². The largest absolute Gasteiger partial charge is 0.495 e. The fourth-order valence-corrected chi connectivity index (χ4v) is 3.81. The summed E-state index contributed by atoms with van der Waals surface area (Å²) in [6.07, 6.45) is -0.724. The highest BCUT2D eigenvalue weighted by molar-refractivity contribution is 9.11. The van der Waals surface area contributed by atoms with Crippen LogP contribution in [0.4, 0.5) is 10.5 Å². The summed E-state index contributed by atoms with van der Waals surface area (Å²) in [5.41, 5.74) is 0.360. The number of carbonyl (C=O) groups is 2. The number of rotatable bonds is 6. The van der Waals surface area contributed by atoms with Gasteiger partial charge in [0.2, 0.25) is 0 Å². The van der Waals surface area contributed by atoms with E-state index >= 15 is 0 Å². The Morgan fingerprint density at radius 3 is 2.24 bits per heavy atom. The molecule has 0 aliphatic rings. The van der Waals surface area contributed by atoms with Crippen LogP contribution in [-0.4, -0.2) is 29.9 Å². The number of anilines is 1. The molecule has 9 heteroatoms. The number of carbonyl (C=O) groups excluding carboxylic acids is 1. The van der Waals surface area contributed by atoms with Gasteiger partial charge in [-0.2, -0.15) is 0 Å². The summed E-state index contributed by atoms with van der Waals surface area (Å²) in [5.74, 6) is 0.417. The number of hydrogen-bond donors (Lipinski definition) is 2. The van der Waals surface area contributed by atoms with Gasteiger partial charge in [-0.3, -0.25) is 10.1 Å². The lowest BCUT2D eigenvalue weighted by Gasteiger charge is -2.20. The van der Waals surface area contributed by atoms with Crippen LogP contribution in [0.1, 0.15) is 26.3 Å². The van der Waals surface area contributed by atoms with Gasteiger partial charge < -0.3 is 19.3 Å². The van der Waals surface area contributed by atoms with E-state index in [-0.39, 0.29) is 6.42 Å².